The molecule has 2 aromatic rings. The van der Waals surface area contributed by atoms with E-state index in [4.69, 9.17) is 20.3 Å². The molecule has 0 bridgehead atoms. The Bertz CT molecular complexity index is 1080. The number of alkyl halides is 1. The van der Waals surface area contributed by atoms with Crippen LogP contribution in [0.15, 0.2) is 11.1 Å². The van der Waals surface area contributed by atoms with Crippen LogP contribution >= 0.6 is 15.6 Å². The molecule has 2 aromatic heterocycles. The van der Waals surface area contributed by atoms with Crippen molar-refractivity contribution >= 4 is 32.8 Å². The van der Waals surface area contributed by atoms with Crippen molar-refractivity contribution < 1.29 is 51.4 Å². The number of aromatic nitrogens is 4. The molecule has 1 aliphatic heterocycles. The lowest BCUT2D eigenvalue weighted by molar-refractivity contribution is -0.646. The van der Waals surface area contributed by atoms with Crippen LogP contribution < -0.4 is 15.9 Å². The number of fused-ring (bicyclic) bond motifs is 1. The number of halogens is 1. The molecule has 29 heavy (non-hydrogen) atoms. The van der Waals surface area contributed by atoms with Crippen LogP contribution in [0.5, 0.6) is 0 Å². The number of rotatable bonds is 6. The summed E-state index contributed by atoms with van der Waals surface area (Å²) in [4.78, 5) is 44.6. The van der Waals surface area contributed by atoms with E-state index in [1.165, 1.54) is 17.9 Å². The van der Waals surface area contributed by atoms with E-state index in [2.05, 4.69) is 18.8 Å². The first kappa shape index (κ1) is 22.0. The third-order valence-corrected chi connectivity index (χ3v) is 6.12. The quantitative estimate of drug-likeness (QED) is 0.202. The van der Waals surface area contributed by atoms with Crippen LogP contribution in [-0.2, 0) is 29.7 Å². The molecule has 3 heterocycles. The van der Waals surface area contributed by atoms with Gasteiger partial charge in [0.15, 0.2) is 6.17 Å². The largest absolute Gasteiger partial charge is 0.481 e. The van der Waals surface area contributed by atoms with Crippen LogP contribution in [0.3, 0.4) is 0 Å². The Morgan fingerprint density at radius 1 is 1.45 bits per heavy atom. The first-order valence-corrected chi connectivity index (χ1v) is 10.8. The van der Waals surface area contributed by atoms with E-state index in [9.17, 15) is 28.3 Å². The van der Waals surface area contributed by atoms with Crippen LogP contribution in [0, 0.1) is 0 Å². The van der Waals surface area contributed by atoms with Gasteiger partial charge in [-0.2, -0.15) is 13.9 Å². The summed E-state index contributed by atoms with van der Waals surface area (Å²) in [6.45, 7) is -0.937. The monoisotopic (exact) mass is 460 g/mol. The number of hydrogen-bond acceptors (Lipinski definition) is 9. The lowest BCUT2D eigenvalue weighted by atomic mass is 10.1. The van der Waals surface area contributed by atoms with E-state index in [0.29, 0.717) is 0 Å². The molecule has 1 saturated heterocycles. The van der Waals surface area contributed by atoms with E-state index in [1.807, 2.05) is 0 Å². The van der Waals surface area contributed by atoms with Crippen molar-refractivity contribution in [1.29, 1.82) is 0 Å². The number of ether oxygens (including phenoxy) is 1. The lowest BCUT2D eigenvalue weighted by Crippen LogP contribution is -2.32. The molecule has 0 radical (unpaired) electrons. The number of hydrogen-bond donors (Lipinski definition) is 6. The minimum absolute atomic E-state index is 0.0408. The Morgan fingerprint density at radius 2 is 2.10 bits per heavy atom. The summed E-state index contributed by atoms with van der Waals surface area (Å²) >= 11 is 0. The highest BCUT2D eigenvalue weighted by molar-refractivity contribution is 7.60. The molecule has 3 rings (SSSR count). The molecule has 18 heteroatoms. The van der Waals surface area contributed by atoms with Gasteiger partial charge in [0, 0.05) is 0 Å². The molecule has 2 unspecified atom stereocenters. The minimum Gasteiger partial charge on any atom is -0.387 e. The normalized spacial score (nSPS) is 27.4. The van der Waals surface area contributed by atoms with Gasteiger partial charge in [0.2, 0.25) is 18.5 Å². The Balaban J connectivity index is 1.84. The fourth-order valence-electron chi connectivity index (χ4n) is 2.85. The molecule has 0 aliphatic carbocycles. The molecular formula is C11H17FN5O10P2+. The van der Waals surface area contributed by atoms with Crippen molar-refractivity contribution in [1.82, 2.24) is 14.5 Å². The third kappa shape index (κ3) is 4.55. The highest BCUT2D eigenvalue weighted by Crippen LogP contribution is 2.57. The number of nitrogens with one attached hydrogen (secondary N) is 1. The van der Waals surface area contributed by atoms with Gasteiger partial charge in [0.1, 0.15) is 12.2 Å². The van der Waals surface area contributed by atoms with Gasteiger partial charge in [-0.15, -0.1) is 0 Å². The summed E-state index contributed by atoms with van der Waals surface area (Å²) in [5, 5.41) is 10.0. The molecule has 0 saturated carbocycles. The first-order valence-electron chi connectivity index (χ1n) is 7.77. The van der Waals surface area contributed by atoms with Crippen LogP contribution in [0.2, 0.25) is 0 Å². The van der Waals surface area contributed by atoms with Crippen molar-refractivity contribution in [2.45, 2.75) is 24.6 Å². The van der Waals surface area contributed by atoms with Crippen LogP contribution in [0.4, 0.5) is 10.3 Å². The summed E-state index contributed by atoms with van der Waals surface area (Å²) in [6, 6.07) is 0. The molecule has 15 nitrogen and oxygen atoms in total. The van der Waals surface area contributed by atoms with E-state index < -0.39 is 52.4 Å². The van der Waals surface area contributed by atoms with Crippen molar-refractivity contribution in [3.8, 4) is 0 Å². The predicted molar refractivity (Wildman–Crippen MR) is 89.7 cm³/mol. The van der Waals surface area contributed by atoms with Crippen molar-refractivity contribution in [2.75, 3.05) is 12.3 Å². The first-order chi connectivity index (χ1) is 13.3. The van der Waals surface area contributed by atoms with E-state index in [-0.39, 0.29) is 17.1 Å². The number of imidazole rings is 1. The number of phosphoric acid groups is 2. The average Bonchev–Trinajstić information content (AvgIpc) is 3.01. The molecule has 7 N–H and O–H groups in total. The van der Waals surface area contributed by atoms with Crippen LogP contribution in [0.25, 0.3) is 11.2 Å². The number of phosphoric ester groups is 1. The predicted octanol–water partition coefficient (Wildman–Crippen LogP) is -2.05. The summed E-state index contributed by atoms with van der Waals surface area (Å²) in [5.74, 6) is -0.243. The van der Waals surface area contributed by atoms with Crippen molar-refractivity contribution in [3.05, 3.63) is 16.7 Å². The standard InChI is InChI=1S/C11H16FN5O10P2/c1-16-3-17(8-6(16)9(19)15-11(13)14-8)10-5(12)7(18)4(26-10)2-25-29(23,24)27-28(20,21)22/h3-5,7,10,18H,2H2,1H3,(H5-,13,14,15,19,20,21,22,23,24)/p+1/t4-,5?,7+,10-/m1/s1. The Labute approximate surface area is 160 Å². The fraction of sp³-hybridized carbons (Fsp3) is 0.545. The molecule has 1 aliphatic rings. The Hall–Kier alpha value is -1.74. The molecule has 0 aromatic carbocycles. The van der Waals surface area contributed by atoms with Gasteiger partial charge in [0.05, 0.1) is 13.7 Å². The topological polar surface area (TPSA) is 223 Å². The van der Waals surface area contributed by atoms with Gasteiger partial charge in [-0.1, -0.05) is 0 Å². The second kappa shape index (κ2) is 7.50. The SMILES string of the molecule is C[n+]1cn([C@@H]2O[C@H](COP(=O)(O)OP(=O)(O)O)[C@H](O)C2F)c2nc(N)[nH]c(=O)c21. The molecule has 0 spiro atoms. The summed E-state index contributed by atoms with van der Waals surface area (Å²) < 4.78 is 52.5. The average molecular weight is 460 g/mol. The maximum Gasteiger partial charge on any atom is 0.481 e. The molecule has 0 amide bonds. The number of aryl methyl sites for hydroxylation is 1. The molecular weight excluding hydrogens is 443 g/mol. The summed E-state index contributed by atoms with van der Waals surface area (Å²) in [6.07, 6.45) is -5.69. The van der Waals surface area contributed by atoms with Gasteiger partial charge >= 0.3 is 21.2 Å². The van der Waals surface area contributed by atoms with Crippen LogP contribution in [-0.4, -0.2) is 59.3 Å². The Kier molecular flexibility index (Phi) is 5.68. The number of nitrogen functional groups attached to an aromatic ring is 1. The van der Waals surface area contributed by atoms with Gasteiger partial charge in [-0.25, -0.2) is 18.1 Å². The van der Waals surface area contributed by atoms with E-state index >= 15 is 0 Å². The molecule has 162 valence electrons. The van der Waals surface area contributed by atoms with E-state index in [0.717, 1.165) is 4.57 Å². The Morgan fingerprint density at radius 3 is 2.72 bits per heavy atom. The number of aliphatic hydroxyl groups excluding tert-OH is 1. The number of anilines is 1. The zero-order valence-electron chi connectivity index (χ0n) is 14.5. The lowest BCUT2D eigenvalue weighted by Gasteiger charge is -2.16. The summed E-state index contributed by atoms with van der Waals surface area (Å²) in [7, 11) is -9.08. The second-order valence-corrected chi connectivity index (χ2v) is 8.92. The molecule has 1 fully saturated rings. The van der Waals surface area contributed by atoms with Crippen molar-refractivity contribution in [3.63, 3.8) is 0 Å². The maximum absolute atomic E-state index is 14.7. The van der Waals surface area contributed by atoms with Crippen LogP contribution in [0.1, 0.15) is 6.23 Å². The van der Waals surface area contributed by atoms with Gasteiger partial charge in [-0.05, 0) is 0 Å². The smallest absolute Gasteiger partial charge is 0.387 e. The minimum atomic E-state index is -5.35. The highest BCUT2D eigenvalue weighted by atomic mass is 31.3. The summed E-state index contributed by atoms with van der Waals surface area (Å²) in [5.41, 5.74) is 4.90. The maximum atomic E-state index is 14.7. The van der Waals surface area contributed by atoms with Crippen molar-refractivity contribution in [2.24, 2.45) is 7.05 Å². The number of nitrogens with two attached hydrogens (primary N) is 1. The fourth-order valence-corrected chi connectivity index (χ4v) is 4.45. The number of nitrogens with zero attached hydrogens (tertiary/aromatic N) is 3. The highest BCUT2D eigenvalue weighted by Gasteiger charge is 2.50. The van der Waals surface area contributed by atoms with Gasteiger partial charge in [0.25, 0.3) is 11.2 Å². The van der Waals surface area contributed by atoms with Gasteiger partial charge in [-0.3, -0.25) is 14.3 Å². The zero-order chi connectivity index (χ0) is 21.7. The second-order valence-electron chi connectivity index (χ2n) is 6.09. The number of aromatic amines is 1. The third-order valence-electron chi connectivity index (χ3n) is 3.97. The molecule has 5 atom stereocenters. The van der Waals surface area contributed by atoms with Gasteiger partial charge < -0.3 is 30.3 Å². The number of H-pyrrole nitrogens is 1. The van der Waals surface area contributed by atoms with E-state index in [1.54, 1.807) is 0 Å². The number of aliphatic hydroxyl groups is 1. The zero-order valence-corrected chi connectivity index (χ0v) is 16.3.